The molecule has 1 heterocycles. The summed E-state index contributed by atoms with van der Waals surface area (Å²) in [5, 5.41) is 11.9. The highest BCUT2D eigenvalue weighted by atomic mass is 16.6. The van der Waals surface area contributed by atoms with E-state index in [0.717, 1.165) is 17.0 Å². The van der Waals surface area contributed by atoms with Crippen LogP contribution in [0, 0.1) is 10.1 Å². The van der Waals surface area contributed by atoms with Gasteiger partial charge in [-0.05, 0) is 17.7 Å². The number of nitrogens with zero attached hydrogens (tertiary/aromatic N) is 3. The number of para-hydroxylation sites is 2. The summed E-state index contributed by atoms with van der Waals surface area (Å²) < 4.78 is 16.6. The first-order valence-corrected chi connectivity index (χ1v) is 11.2. The summed E-state index contributed by atoms with van der Waals surface area (Å²) in [5.74, 6) is 0.825. The summed E-state index contributed by atoms with van der Waals surface area (Å²) >= 11 is 0. The largest absolute Gasteiger partial charge is 0.495 e. The zero-order valence-electron chi connectivity index (χ0n) is 19.7. The maximum Gasteiger partial charge on any atom is 0.286 e. The van der Waals surface area contributed by atoms with E-state index in [9.17, 15) is 14.9 Å². The molecule has 1 aliphatic rings. The Kier molecular flexibility index (Phi) is 7.35. The Morgan fingerprint density at radius 3 is 2.20 bits per heavy atom. The molecule has 182 valence electrons. The Labute approximate surface area is 203 Å². The number of rotatable bonds is 8. The standard InChI is InChI=1S/C26H27N3O6/c1-33-23-11-7-6-10-21(23)27-12-14-28(15-13-27)26(30)20-16-24(34-2)25(17-22(20)29(31)32)35-18-19-8-4-3-5-9-19/h3-11,16-17H,12-15,18H2,1-2H3. The van der Waals surface area contributed by atoms with Crippen LogP contribution in [0.2, 0.25) is 0 Å². The van der Waals surface area contributed by atoms with Crippen LogP contribution >= 0.6 is 0 Å². The fourth-order valence-corrected chi connectivity index (χ4v) is 4.09. The highest BCUT2D eigenvalue weighted by Crippen LogP contribution is 2.36. The fraction of sp³-hybridized carbons (Fsp3) is 0.269. The van der Waals surface area contributed by atoms with Gasteiger partial charge in [-0.1, -0.05) is 42.5 Å². The summed E-state index contributed by atoms with van der Waals surface area (Å²) in [7, 11) is 3.06. The molecule has 0 radical (unpaired) electrons. The normalized spacial score (nSPS) is 13.3. The van der Waals surface area contributed by atoms with Crippen molar-refractivity contribution < 1.29 is 23.9 Å². The highest BCUT2D eigenvalue weighted by molar-refractivity contribution is 5.99. The van der Waals surface area contributed by atoms with E-state index in [2.05, 4.69) is 4.90 Å². The topological polar surface area (TPSA) is 94.4 Å². The van der Waals surface area contributed by atoms with Crippen molar-refractivity contribution in [1.82, 2.24) is 4.90 Å². The molecule has 3 aromatic carbocycles. The predicted octanol–water partition coefficient (Wildman–Crippen LogP) is 4.15. The van der Waals surface area contributed by atoms with E-state index in [-0.39, 0.29) is 29.4 Å². The van der Waals surface area contributed by atoms with E-state index in [0.29, 0.717) is 26.2 Å². The Balaban J connectivity index is 1.52. The molecular formula is C26H27N3O6. The Morgan fingerprint density at radius 2 is 1.54 bits per heavy atom. The first-order valence-electron chi connectivity index (χ1n) is 11.2. The number of carbonyl (C=O) groups excluding carboxylic acids is 1. The van der Waals surface area contributed by atoms with Crippen LogP contribution in [0.1, 0.15) is 15.9 Å². The average molecular weight is 478 g/mol. The first-order chi connectivity index (χ1) is 17.0. The Bertz CT molecular complexity index is 1190. The molecule has 1 amide bonds. The number of carbonyl (C=O) groups is 1. The lowest BCUT2D eigenvalue weighted by Crippen LogP contribution is -2.49. The molecule has 0 N–H and O–H groups in total. The lowest BCUT2D eigenvalue weighted by molar-refractivity contribution is -0.385. The smallest absolute Gasteiger partial charge is 0.286 e. The van der Waals surface area contributed by atoms with Gasteiger partial charge in [-0.25, -0.2) is 0 Å². The second-order valence-electron chi connectivity index (χ2n) is 8.00. The summed E-state index contributed by atoms with van der Waals surface area (Å²) in [6, 6.07) is 19.8. The van der Waals surface area contributed by atoms with Crippen molar-refractivity contribution in [2.75, 3.05) is 45.3 Å². The van der Waals surface area contributed by atoms with Crippen LogP contribution in [-0.2, 0) is 6.61 Å². The fourth-order valence-electron chi connectivity index (χ4n) is 4.09. The SMILES string of the molecule is COc1cc(C(=O)N2CCN(c3ccccc3OC)CC2)c([N+](=O)[O-])cc1OCc1ccccc1. The van der Waals surface area contributed by atoms with Gasteiger partial charge in [-0.3, -0.25) is 14.9 Å². The van der Waals surface area contributed by atoms with Gasteiger partial charge in [0.05, 0.1) is 30.9 Å². The lowest BCUT2D eigenvalue weighted by atomic mass is 10.1. The molecule has 0 atom stereocenters. The lowest BCUT2D eigenvalue weighted by Gasteiger charge is -2.36. The first kappa shape index (κ1) is 23.9. The molecule has 0 aromatic heterocycles. The molecule has 35 heavy (non-hydrogen) atoms. The van der Waals surface area contributed by atoms with Crippen LogP contribution < -0.4 is 19.1 Å². The van der Waals surface area contributed by atoms with Crippen LogP contribution in [0.25, 0.3) is 0 Å². The molecule has 0 aliphatic carbocycles. The Hall–Kier alpha value is -4.27. The number of nitro groups is 1. The van der Waals surface area contributed by atoms with Gasteiger partial charge < -0.3 is 24.0 Å². The van der Waals surface area contributed by atoms with Crippen molar-refractivity contribution in [3.05, 3.63) is 88.0 Å². The van der Waals surface area contributed by atoms with E-state index in [1.807, 2.05) is 54.6 Å². The summed E-state index contributed by atoms with van der Waals surface area (Å²) in [6.45, 7) is 2.21. The number of methoxy groups -OCH3 is 2. The molecule has 1 fully saturated rings. The Morgan fingerprint density at radius 1 is 0.886 bits per heavy atom. The van der Waals surface area contributed by atoms with Gasteiger partial charge in [0, 0.05) is 32.2 Å². The van der Waals surface area contributed by atoms with Crippen LogP contribution in [-0.4, -0.2) is 56.1 Å². The van der Waals surface area contributed by atoms with E-state index in [4.69, 9.17) is 14.2 Å². The van der Waals surface area contributed by atoms with Crippen molar-refractivity contribution in [1.29, 1.82) is 0 Å². The van der Waals surface area contributed by atoms with E-state index < -0.39 is 10.8 Å². The number of nitro benzene ring substituents is 1. The number of hydrogen-bond donors (Lipinski definition) is 0. The maximum atomic E-state index is 13.3. The third kappa shape index (κ3) is 5.29. The summed E-state index contributed by atoms with van der Waals surface area (Å²) in [5.41, 5.74) is 1.52. The van der Waals surface area contributed by atoms with Crippen molar-refractivity contribution in [3.8, 4) is 17.2 Å². The number of benzene rings is 3. The molecule has 1 saturated heterocycles. The minimum Gasteiger partial charge on any atom is -0.495 e. The van der Waals surface area contributed by atoms with Gasteiger partial charge in [0.25, 0.3) is 11.6 Å². The van der Waals surface area contributed by atoms with Crippen LogP contribution in [0.3, 0.4) is 0 Å². The van der Waals surface area contributed by atoms with Crippen molar-refractivity contribution in [2.24, 2.45) is 0 Å². The van der Waals surface area contributed by atoms with Crippen LogP contribution in [0.4, 0.5) is 11.4 Å². The zero-order chi connectivity index (χ0) is 24.8. The van der Waals surface area contributed by atoms with E-state index >= 15 is 0 Å². The third-order valence-corrected chi connectivity index (χ3v) is 5.94. The van der Waals surface area contributed by atoms with Gasteiger partial charge in [0.1, 0.15) is 17.9 Å². The number of piperazine rings is 1. The second-order valence-corrected chi connectivity index (χ2v) is 8.00. The van der Waals surface area contributed by atoms with Crippen molar-refractivity contribution in [3.63, 3.8) is 0 Å². The molecule has 0 spiro atoms. The molecule has 3 aromatic rings. The minimum absolute atomic E-state index is 0.0235. The van der Waals surface area contributed by atoms with Gasteiger partial charge in [-0.15, -0.1) is 0 Å². The predicted molar refractivity (Wildman–Crippen MR) is 132 cm³/mol. The molecule has 4 rings (SSSR count). The van der Waals surface area contributed by atoms with Gasteiger partial charge >= 0.3 is 0 Å². The van der Waals surface area contributed by atoms with Gasteiger partial charge in [0.2, 0.25) is 0 Å². The monoisotopic (exact) mass is 477 g/mol. The number of ether oxygens (including phenoxy) is 3. The summed E-state index contributed by atoms with van der Waals surface area (Å²) in [4.78, 5) is 28.4. The molecule has 9 heteroatoms. The molecule has 9 nitrogen and oxygen atoms in total. The summed E-state index contributed by atoms with van der Waals surface area (Å²) in [6.07, 6.45) is 0. The van der Waals surface area contributed by atoms with Gasteiger partial charge in [0.15, 0.2) is 11.5 Å². The average Bonchev–Trinajstić information content (AvgIpc) is 2.91. The minimum atomic E-state index is -0.562. The van der Waals surface area contributed by atoms with Crippen molar-refractivity contribution >= 4 is 17.3 Å². The highest BCUT2D eigenvalue weighted by Gasteiger charge is 2.30. The molecule has 0 saturated carbocycles. The van der Waals surface area contributed by atoms with Crippen LogP contribution in [0.5, 0.6) is 17.2 Å². The van der Waals surface area contributed by atoms with E-state index in [1.54, 1.807) is 12.0 Å². The van der Waals surface area contributed by atoms with Crippen LogP contribution in [0.15, 0.2) is 66.7 Å². The van der Waals surface area contributed by atoms with E-state index in [1.165, 1.54) is 19.2 Å². The maximum absolute atomic E-state index is 13.3. The van der Waals surface area contributed by atoms with Crippen molar-refractivity contribution in [2.45, 2.75) is 6.61 Å². The number of amides is 1. The second kappa shape index (κ2) is 10.8. The van der Waals surface area contributed by atoms with Gasteiger partial charge in [-0.2, -0.15) is 0 Å². The number of hydrogen-bond acceptors (Lipinski definition) is 7. The quantitative estimate of drug-likeness (QED) is 0.355. The zero-order valence-corrected chi connectivity index (χ0v) is 19.7. The number of anilines is 1. The molecule has 0 unspecified atom stereocenters. The molecule has 0 bridgehead atoms. The third-order valence-electron chi connectivity index (χ3n) is 5.94. The molecular weight excluding hydrogens is 450 g/mol. The molecule has 1 aliphatic heterocycles.